The topological polar surface area (TPSA) is 136 Å². The van der Waals surface area contributed by atoms with Gasteiger partial charge in [0.25, 0.3) is 11.8 Å². The highest BCUT2D eigenvalue weighted by Gasteiger charge is 2.40. The van der Waals surface area contributed by atoms with Crippen molar-refractivity contribution in [2.24, 2.45) is 0 Å². The van der Waals surface area contributed by atoms with Gasteiger partial charge in [0.1, 0.15) is 10.7 Å². The lowest BCUT2D eigenvalue weighted by Gasteiger charge is -2.24. The number of methoxy groups -OCH3 is 4. The van der Waals surface area contributed by atoms with E-state index in [4.69, 9.17) is 42.1 Å². The van der Waals surface area contributed by atoms with Crippen molar-refractivity contribution in [2.75, 3.05) is 28.4 Å². The van der Waals surface area contributed by atoms with Crippen LogP contribution in [-0.4, -0.2) is 62.1 Å². The van der Waals surface area contributed by atoms with Crippen LogP contribution in [0.2, 0.25) is 10.0 Å². The number of unbranched alkanes of at least 4 members (excludes halogenated alkanes) is 5. The highest BCUT2D eigenvalue weighted by atomic mass is 35.5. The van der Waals surface area contributed by atoms with Crippen molar-refractivity contribution in [1.82, 2.24) is 20.9 Å². The van der Waals surface area contributed by atoms with Crippen molar-refractivity contribution in [3.05, 3.63) is 127 Å². The maximum Gasteiger partial charge on any atom is 0.280 e. The van der Waals surface area contributed by atoms with Crippen molar-refractivity contribution in [1.29, 1.82) is 0 Å². The van der Waals surface area contributed by atoms with Gasteiger partial charge in [-0.3, -0.25) is 30.0 Å². The quantitative estimate of drug-likeness (QED) is 0.0691. The molecule has 16 heteroatoms. The number of amides is 4. The molecule has 4 aromatic carbocycles. The monoisotopic (exact) mass is 918 g/mol. The van der Waals surface area contributed by atoms with Gasteiger partial charge in [-0.15, -0.1) is 0 Å². The summed E-state index contributed by atoms with van der Waals surface area (Å²) in [5, 5.41) is 2.94. The van der Waals surface area contributed by atoms with Crippen LogP contribution in [0.5, 0.6) is 23.0 Å². The molecule has 2 heterocycles. The molecule has 2 fully saturated rings. The zero-order valence-electron chi connectivity index (χ0n) is 34.8. The summed E-state index contributed by atoms with van der Waals surface area (Å²) in [5.74, 6) is 1.09. The van der Waals surface area contributed by atoms with E-state index in [0.717, 1.165) is 47.9 Å². The van der Waals surface area contributed by atoms with E-state index in [1.54, 1.807) is 89.1 Å². The first kappa shape index (κ1) is 46.2. The zero-order chi connectivity index (χ0) is 44.2. The van der Waals surface area contributed by atoms with Crippen molar-refractivity contribution < 1.29 is 38.1 Å². The van der Waals surface area contributed by atoms with Crippen LogP contribution in [0.15, 0.2) is 94.7 Å². The van der Waals surface area contributed by atoms with E-state index in [2.05, 4.69) is 10.9 Å². The number of halogens is 2. The molecule has 326 valence electrons. The van der Waals surface area contributed by atoms with Crippen LogP contribution in [0, 0.1) is 0 Å². The number of rotatable bonds is 19. The number of benzene rings is 4. The van der Waals surface area contributed by atoms with E-state index < -0.39 is 10.7 Å². The first-order valence-corrected chi connectivity index (χ1v) is 22.5. The predicted octanol–water partition coefficient (Wildman–Crippen LogP) is 10.1. The largest absolute Gasteiger partial charge is 0.493 e. The molecule has 2 saturated heterocycles. The maximum atomic E-state index is 13.7. The smallest absolute Gasteiger partial charge is 0.280 e. The van der Waals surface area contributed by atoms with Crippen molar-refractivity contribution in [2.45, 2.75) is 62.1 Å². The number of hydrogen-bond acceptors (Lipinski definition) is 10. The molecule has 2 unspecified atom stereocenters. The highest BCUT2D eigenvalue weighted by Crippen LogP contribution is 2.47. The van der Waals surface area contributed by atoms with Crippen LogP contribution in [0.1, 0.15) is 84.4 Å². The lowest BCUT2D eigenvalue weighted by molar-refractivity contribution is -0.138. The molecule has 6 rings (SSSR count). The number of nitrogens with zero attached hydrogens (tertiary/aromatic N) is 2. The van der Waals surface area contributed by atoms with Crippen LogP contribution in [0.4, 0.5) is 0 Å². The minimum absolute atomic E-state index is 0.248. The SMILES string of the molecule is COc1ccc(/C=C2/SC(c3ccc(Cl)cc3)N(NC(=O)CCCCCCCCC(=O)NN3C(=O)/C(=C\c4ccc(OC)c(OC)c4)SC3c3ccc(Cl)cc3)C2=O)cc1OC. The third kappa shape index (κ3) is 11.8. The Morgan fingerprint density at radius 2 is 0.903 bits per heavy atom. The molecule has 0 bridgehead atoms. The summed E-state index contributed by atoms with van der Waals surface area (Å²) >= 11 is 15.0. The molecule has 0 saturated carbocycles. The van der Waals surface area contributed by atoms with Gasteiger partial charge in [0.05, 0.1) is 38.2 Å². The van der Waals surface area contributed by atoms with E-state index in [1.165, 1.54) is 33.5 Å². The molecular formula is C46H48Cl2N4O8S2. The second-order valence-corrected chi connectivity index (χ2v) is 17.4. The summed E-state index contributed by atoms with van der Waals surface area (Å²) in [6.07, 6.45) is 8.70. The van der Waals surface area contributed by atoms with Gasteiger partial charge in [-0.05, 0) is 95.8 Å². The molecule has 12 nitrogen and oxygen atoms in total. The van der Waals surface area contributed by atoms with Gasteiger partial charge in [0, 0.05) is 22.9 Å². The summed E-state index contributed by atoms with van der Waals surface area (Å²) in [5.41, 5.74) is 8.85. The van der Waals surface area contributed by atoms with E-state index in [-0.39, 0.29) is 36.5 Å². The highest BCUT2D eigenvalue weighted by molar-refractivity contribution is 8.05. The molecule has 2 aliphatic heterocycles. The average Bonchev–Trinajstić information content (AvgIpc) is 3.74. The van der Waals surface area contributed by atoms with Crippen LogP contribution >= 0.6 is 46.7 Å². The third-order valence-corrected chi connectivity index (χ3v) is 13.1. The summed E-state index contributed by atoms with van der Waals surface area (Å²) < 4.78 is 21.6. The van der Waals surface area contributed by atoms with E-state index >= 15 is 0 Å². The first-order chi connectivity index (χ1) is 30.0. The number of ether oxygens (including phenoxy) is 4. The fourth-order valence-corrected chi connectivity index (χ4v) is 9.48. The Morgan fingerprint density at radius 1 is 0.548 bits per heavy atom. The number of carbonyl (C=O) groups excluding carboxylic acids is 4. The third-order valence-electron chi connectivity index (χ3n) is 10.1. The Kier molecular flexibility index (Phi) is 16.5. The number of thioether (sulfide) groups is 2. The number of hydrazine groups is 2. The van der Waals surface area contributed by atoms with Crippen molar-refractivity contribution in [3.8, 4) is 23.0 Å². The average molecular weight is 920 g/mol. The number of carbonyl (C=O) groups is 4. The number of hydrogen-bond donors (Lipinski definition) is 2. The zero-order valence-corrected chi connectivity index (χ0v) is 37.9. The summed E-state index contributed by atoms with van der Waals surface area (Å²) in [6.45, 7) is 0. The lowest BCUT2D eigenvalue weighted by Crippen LogP contribution is -2.44. The Balaban J connectivity index is 0.967. The fraction of sp³-hybridized carbons (Fsp3) is 0.304. The molecule has 0 aliphatic carbocycles. The van der Waals surface area contributed by atoms with Gasteiger partial charge >= 0.3 is 0 Å². The molecule has 0 spiro atoms. The van der Waals surface area contributed by atoms with Crippen molar-refractivity contribution in [3.63, 3.8) is 0 Å². The standard InChI is InChI=1S/C46H48Cl2N4O8S2/c1-57-35-23-13-29(25-37(35)59-3)27-39-43(55)51(45(61-39)31-15-19-33(47)20-16-31)49-41(53)11-9-7-5-6-8-10-12-42(54)50-52-44(56)40(62-46(52)32-17-21-34(48)22-18-32)28-30-14-24-36(58-2)38(26-30)60-4/h13-28,45-46H,5-12H2,1-4H3,(H,49,53)(H,50,54)/b39-27+,40-28+. The van der Waals surface area contributed by atoms with Gasteiger partial charge in [-0.1, -0.05) is 109 Å². The van der Waals surface area contributed by atoms with Crippen LogP contribution in [-0.2, 0) is 19.2 Å². The minimum atomic E-state index is -0.486. The summed E-state index contributed by atoms with van der Waals surface area (Å²) in [4.78, 5) is 54.7. The van der Waals surface area contributed by atoms with Gasteiger partial charge < -0.3 is 18.9 Å². The molecular weight excluding hydrogens is 872 g/mol. The maximum absolute atomic E-state index is 13.7. The Labute approximate surface area is 380 Å². The normalized spacial score (nSPS) is 17.5. The Hall–Kier alpha value is -5.28. The van der Waals surface area contributed by atoms with Crippen LogP contribution in [0.25, 0.3) is 12.2 Å². The molecule has 4 amide bonds. The molecule has 0 aromatic heterocycles. The second-order valence-electron chi connectivity index (χ2n) is 14.3. The molecule has 2 atom stereocenters. The minimum Gasteiger partial charge on any atom is -0.493 e. The second kappa shape index (κ2) is 22.2. The van der Waals surface area contributed by atoms with Gasteiger partial charge in [0.15, 0.2) is 23.0 Å². The summed E-state index contributed by atoms with van der Waals surface area (Å²) in [7, 11) is 6.22. The first-order valence-electron chi connectivity index (χ1n) is 20.0. The predicted molar refractivity (Wildman–Crippen MR) is 246 cm³/mol. The molecule has 2 aliphatic rings. The Bertz CT molecular complexity index is 2150. The van der Waals surface area contributed by atoms with E-state index in [0.29, 0.717) is 55.7 Å². The van der Waals surface area contributed by atoms with Gasteiger partial charge in [0.2, 0.25) is 11.8 Å². The fourth-order valence-electron chi connectivity index (χ4n) is 6.84. The van der Waals surface area contributed by atoms with Crippen LogP contribution in [0.3, 0.4) is 0 Å². The molecule has 4 aromatic rings. The summed E-state index contributed by atoms with van der Waals surface area (Å²) in [6, 6.07) is 25.2. The molecule has 2 N–H and O–H groups in total. The molecule has 0 radical (unpaired) electrons. The van der Waals surface area contributed by atoms with Crippen molar-refractivity contribution >= 4 is 82.5 Å². The van der Waals surface area contributed by atoms with E-state index in [9.17, 15) is 19.2 Å². The van der Waals surface area contributed by atoms with Gasteiger partial charge in [-0.2, -0.15) is 0 Å². The van der Waals surface area contributed by atoms with Crippen LogP contribution < -0.4 is 29.8 Å². The van der Waals surface area contributed by atoms with E-state index in [1.807, 2.05) is 36.4 Å². The Morgan fingerprint density at radius 3 is 1.26 bits per heavy atom. The molecule has 62 heavy (non-hydrogen) atoms. The number of nitrogens with one attached hydrogen (secondary N) is 2. The lowest BCUT2D eigenvalue weighted by atomic mass is 10.1. The van der Waals surface area contributed by atoms with Gasteiger partial charge in [-0.25, -0.2) is 10.0 Å².